The van der Waals surface area contributed by atoms with Gasteiger partial charge in [-0.1, -0.05) is 26.0 Å². The number of imidazole rings is 1. The van der Waals surface area contributed by atoms with E-state index in [4.69, 9.17) is 4.74 Å². The van der Waals surface area contributed by atoms with Gasteiger partial charge in [0, 0.05) is 18.3 Å². The minimum atomic E-state index is 0.627. The molecule has 90 valence electrons. The van der Waals surface area contributed by atoms with Crippen molar-refractivity contribution in [1.82, 2.24) is 9.55 Å². The summed E-state index contributed by atoms with van der Waals surface area (Å²) in [5.41, 5.74) is 2.08. The van der Waals surface area contributed by atoms with Crippen LogP contribution >= 0.6 is 0 Å². The summed E-state index contributed by atoms with van der Waals surface area (Å²) in [5.74, 6) is 1.49. The van der Waals surface area contributed by atoms with Crippen LogP contribution in [-0.2, 0) is 6.54 Å². The maximum absolute atomic E-state index is 5.21. The molecule has 17 heavy (non-hydrogen) atoms. The van der Waals surface area contributed by atoms with E-state index in [1.165, 1.54) is 0 Å². The van der Waals surface area contributed by atoms with E-state index in [1.807, 2.05) is 30.6 Å². The fourth-order valence-electron chi connectivity index (χ4n) is 1.81. The lowest BCUT2D eigenvalue weighted by Crippen LogP contribution is -2.00. The molecule has 0 spiro atoms. The van der Waals surface area contributed by atoms with Crippen molar-refractivity contribution in [1.29, 1.82) is 0 Å². The molecular formula is C14H18N2O. The van der Waals surface area contributed by atoms with Gasteiger partial charge in [-0.3, -0.25) is 0 Å². The molecule has 0 radical (unpaired) electrons. The molecule has 3 nitrogen and oxygen atoms in total. The molecule has 0 atom stereocenters. The van der Waals surface area contributed by atoms with Crippen LogP contribution in [0.4, 0.5) is 0 Å². The molecule has 1 aromatic carbocycles. The molecule has 0 unspecified atom stereocenters. The van der Waals surface area contributed by atoms with E-state index in [0.717, 1.165) is 23.6 Å². The van der Waals surface area contributed by atoms with Crippen LogP contribution in [0.3, 0.4) is 0 Å². The number of hydrogen-bond acceptors (Lipinski definition) is 2. The monoisotopic (exact) mass is 230 g/mol. The molecule has 1 aromatic heterocycles. The number of benzene rings is 1. The van der Waals surface area contributed by atoms with Gasteiger partial charge in [0.25, 0.3) is 0 Å². The zero-order valence-corrected chi connectivity index (χ0v) is 10.6. The van der Waals surface area contributed by atoms with Crippen LogP contribution in [0.15, 0.2) is 36.8 Å². The summed E-state index contributed by atoms with van der Waals surface area (Å²) >= 11 is 0. The van der Waals surface area contributed by atoms with E-state index < -0.39 is 0 Å². The summed E-state index contributed by atoms with van der Waals surface area (Å²) in [6.45, 7) is 5.40. The van der Waals surface area contributed by atoms with Gasteiger partial charge in [-0.25, -0.2) is 4.98 Å². The van der Waals surface area contributed by atoms with Crippen molar-refractivity contribution in [3.63, 3.8) is 0 Å². The highest BCUT2D eigenvalue weighted by atomic mass is 16.5. The Bertz CT molecular complexity index is 488. The van der Waals surface area contributed by atoms with Crippen molar-refractivity contribution < 1.29 is 4.74 Å². The Morgan fingerprint density at radius 2 is 2.18 bits per heavy atom. The lowest BCUT2D eigenvalue weighted by atomic mass is 10.1. The second kappa shape index (κ2) is 5.04. The summed E-state index contributed by atoms with van der Waals surface area (Å²) < 4.78 is 7.34. The van der Waals surface area contributed by atoms with E-state index in [9.17, 15) is 0 Å². The Morgan fingerprint density at radius 3 is 2.88 bits per heavy atom. The molecule has 0 N–H and O–H groups in total. The van der Waals surface area contributed by atoms with Crippen molar-refractivity contribution in [3.8, 4) is 17.0 Å². The topological polar surface area (TPSA) is 27.1 Å². The summed E-state index contributed by atoms with van der Waals surface area (Å²) in [6.07, 6.45) is 3.96. The van der Waals surface area contributed by atoms with Crippen LogP contribution in [0.1, 0.15) is 13.8 Å². The quantitative estimate of drug-likeness (QED) is 0.806. The highest BCUT2D eigenvalue weighted by molar-refractivity contribution is 5.60. The lowest BCUT2D eigenvalue weighted by molar-refractivity contribution is 0.415. The zero-order chi connectivity index (χ0) is 12.3. The van der Waals surface area contributed by atoms with Crippen LogP contribution in [0.5, 0.6) is 5.75 Å². The standard InChI is InChI=1S/C14H18N2O/c1-11(2)8-16-9-14(15-10-16)12-5-4-6-13(7-12)17-3/h4-7,9-11H,8H2,1-3H3. The van der Waals surface area contributed by atoms with Crippen LogP contribution in [0, 0.1) is 5.92 Å². The maximum Gasteiger partial charge on any atom is 0.119 e. The van der Waals surface area contributed by atoms with Gasteiger partial charge < -0.3 is 9.30 Å². The number of hydrogen-bond donors (Lipinski definition) is 0. The molecule has 0 saturated heterocycles. The first kappa shape index (κ1) is 11.7. The molecule has 2 rings (SSSR count). The second-order valence-electron chi connectivity index (χ2n) is 4.58. The SMILES string of the molecule is COc1cccc(-c2cn(CC(C)C)cn2)c1. The molecule has 0 amide bonds. The van der Waals surface area contributed by atoms with Gasteiger partial charge in [-0.15, -0.1) is 0 Å². The van der Waals surface area contributed by atoms with Crippen LogP contribution in [-0.4, -0.2) is 16.7 Å². The molecule has 0 bridgehead atoms. The molecule has 0 saturated carbocycles. The number of rotatable bonds is 4. The van der Waals surface area contributed by atoms with Crippen molar-refractivity contribution in [2.24, 2.45) is 5.92 Å². The molecule has 0 fully saturated rings. The Labute approximate surface area is 102 Å². The first-order valence-electron chi connectivity index (χ1n) is 5.85. The molecule has 0 aliphatic rings. The van der Waals surface area contributed by atoms with Gasteiger partial charge in [0.05, 0.1) is 19.1 Å². The molecule has 2 aromatic rings. The number of ether oxygens (including phenoxy) is 1. The summed E-state index contributed by atoms with van der Waals surface area (Å²) in [6, 6.07) is 7.97. The molecule has 1 heterocycles. The van der Waals surface area contributed by atoms with E-state index >= 15 is 0 Å². The van der Waals surface area contributed by atoms with E-state index in [2.05, 4.69) is 29.6 Å². The summed E-state index contributed by atoms with van der Waals surface area (Å²) in [7, 11) is 1.68. The van der Waals surface area contributed by atoms with Gasteiger partial charge in [-0.05, 0) is 18.1 Å². The number of methoxy groups -OCH3 is 1. The predicted molar refractivity (Wildman–Crippen MR) is 69.1 cm³/mol. The summed E-state index contributed by atoms with van der Waals surface area (Å²) in [5, 5.41) is 0. The van der Waals surface area contributed by atoms with Crippen molar-refractivity contribution in [2.75, 3.05) is 7.11 Å². The first-order valence-corrected chi connectivity index (χ1v) is 5.85. The normalized spacial score (nSPS) is 10.8. The minimum absolute atomic E-state index is 0.627. The average Bonchev–Trinajstić information content (AvgIpc) is 2.77. The third-order valence-corrected chi connectivity index (χ3v) is 2.57. The van der Waals surface area contributed by atoms with E-state index in [-0.39, 0.29) is 0 Å². The van der Waals surface area contributed by atoms with Crippen molar-refractivity contribution in [3.05, 3.63) is 36.8 Å². The van der Waals surface area contributed by atoms with Gasteiger partial charge in [0.1, 0.15) is 5.75 Å². The van der Waals surface area contributed by atoms with Crippen molar-refractivity contribution >= 4 is 0 Å². The predicted octanol–water partition coefficient (Wildman–Crippen LogP) is 3.21. The van der Waals surface area contributed by atoms with Gasteiger partial charge in [-0.2, -0.15) is 0 Å². The fraction of sp³-hybridized carbons (Fsp3) is 0.357. The zero-order valence-electron chi connectivity index (χ0n) is 10.6. The summed E-state index contributed by atoms with van der Waals surface area (Å²) in [4.78, 5) is 4.42. The van der Waals surface area contributed by atoms with E-state index in [1.54, 1.807) is 7.11 Å². The lowest BCUT2D eigenvalue weighted by Gasteiger charge is -2.04. The third-order valence-electron chi connectivity index (χ3n) is 2.57. The van der Waals surface area contributed by atoms with Gasteiger partial charge >= 0.3 is 0 Å². The Hall–Kier alpha value is -1.77. The Balaban J connectivity index is 2.24. The van der Waals surface area contributed by atoms with Crippen molar-refractivity contribution in [2.45, 2.75) is 20.4 Å². The molecule has 0 aliphatic heterocycles. The molecule has 0 aliphatic carbocycles. The highest BCUT2D eigenvalue weighted by Gasteiger charge is 2.04. The smallest absolute Gasteiger partial charge is 0.119 e. The van der Waals surface area contributed by atoms with Gasteiger partial charge in [0.2, 0.25) is 0 Å². The first-order chi connectivity index (χ1) is 8.19. The van der Waals surface area contributed by atoms with Gasteiger partial charge in [0.15, 0.2) is 0 Å². The average molecular weight is 230 g/mol. The van der Waals surface area contributed by atoms with E-state index in [0.29, 0.717) is 5.92 Å². The second-order valence-corrected chi connectivity index (χ2v) is 4.58. The fourth-order valence-corrected chi connectivity index (χ4v) is 1.81. The Kier molecular flexibility index (Phi) is 3.47. The minimum Gasteiger partial charge on any atom is -0.497 e. The molecule has 3 heteroatoms. The highest BCUT2D eigenvalue weighted by Crippen LogP contribution is 2.22. The Morgan fingerprint density at radius 1 is 1.35 bits per heavy atom. The number of nitrogens with zero attached hydrogens (tertiary/aromatic N) is 2. The largest absolute Gasteiger partial charge is 0.497 e. The molecular weight excluding hydrogens is 212 g/mol. The maximum atomic E-state index is 5.21. The number of aromatic nitrogens is 2. The van der Waals surface area contributed by atoms with Crippen LogP contribution < -0.4 is 4.74 Å². The van der Waals surface area contributed by atoms with Crippen LogP contribution in [0.2, 0.25) is 0 Å². The third kappa shape index (κ3) is 2.87. The van der Waals surface area contributed by atoms with Crippen LogP contribution in [0.25, 0.3) is 11.3 Å².